The summed E-state index contributed by atoms with van der Waals surface area (Å²) < 4.78 is 13.4. The maximum Gasteiger partial charge on any atom is 0.255 e. The Morgan fingerprint density at radius 3 is 1.58 bits per heavy atom. The molecule has 0 aliphatic heterocycles. The highest BCUT2D eigenvalue weighted by Gasteiger charge is 2.30. The molecule has 0 aromatic heterocycles. The van der Waals surface area contributed by atoms with Gasteiger partial charge in [-0.05, 0) is 62.1 Å². The van der Waals surface area contributed by atoms with Crippen LogP contribution >= 0.6 is 31.9 Å². The van der Waals surface area contributed by atoms with Gasteiger partial charge in [-0.3, -0.25) is 9.59 Å². The van der Waals surface area contributed by atoms with E-state index in [9.17, 15) is 9.59 Å². The lowest BCUT2D eigenvalue weighted by Crippen LogP contribution is -2.53. The second-order valence-electron chi connectivity index (χ2n) is 9.13. The Morgan fingerprint density at radius 2 is 1.19 bits per heavy atom. The number of rotatable bonds is 12. The van der Waals surface area contributed by atoms with E-state index in [-0.39, 0.29) is 23.9 Å². The molecule has 6 nitrogen and oxygen atoms in total. The minimum Gasteiger partial charge on any atom is -0.493 e. The number of carbonyl (C=O) groups excluding carboxylic acids is 2. The molecular formula is C28H36Br2N2O4. The fourth-order valence-electron chi connectivity index (χ4n) is 4.23. The van der Waals surface area contributed by atoms with Gasteiger partial charge in [0.1, 0.15) is 11.5 Å². The highest BCUT2D eigenvalue weighted by Crippen LogP contribution is 2.27. The summed E-state index contributed by atoms with van der Waals surface area (Å²) in [6, 6.07) is 10.6. The summed E-state index contributed by atoms with van der Waals surface area (Å²) in [5.41, 5.74) is 0.990. The number of halogens is 2. The van der Waals surface area contributed by atoms with Crippen LogP contribution in [-0.2, 0) is 0 Å². The molecule has 3 rings (SSSR count). The Morgan fingerprint density at radius 1 is 0.778 bits per heavy atom. The van der Waals surface area contributed by atoms with Crippen molar-refractivity contribution in [1.29, 1.82) is 0 Å². The average molecular weight is 624 g/mol. The lowest BCUT2D eigenvalue weighted by Gasteiger charge is -2.33. The molecule has 1 aliphatic rings. The number of unbranched alkanes of at least 4 members (excludes halogenated alkanes) is 2. The van der Waals surface area contributed by atoms with Crippen molar-refractivity contribution in [2.24, 2.45) is 0 Å². The van der Waals surface area contributed by atoms with Gasteiger partial charge >= 0.3 is 0 Å². The summed E-state index contributed by atoms with van der Waals surface area (Å²) >= 11 is 6.94. The second-order valence-corrected chi connectivity index (χ2v) is 11.0. The highest BCUT2D eigenvalue weighted by molar-refractivity contribution is 9.10. The van der Waals surface area contributed by atoms with Crippen molar-refractivity contribution in [3.05, 3.63) is 56.5 Å². The summed E-state index contributed by atoms with van der Waals surface area (Å²) in [6.45, 7) is 5.33. The minimum atomic E-state index is -0.194. The van der Waals surface area contributed by atoms with Crippen LogP contribution in [-0.4, -0.2) is 37.1 Å². The normalized spacial score (nSPS) is 17.3. The molecule has 1 saturated carbocycles. The third-order valence-corrected chi connectivity index (χ3v) is 7.27. The largest absolute Gasteiger partial charge is 0.493 e. The summed E-state index contributed by atoms with van der Waals surface area (Å²) in [4.78, 5) is 26.6. The molecule has 0 saturated heterocycles. The minimum absolute atomic E-state index is 0.172. The number of hydrogen-bond donors (Lipinski definition) is 2. The first kappa shape index (κ1) is 28.5. The van der Waals surface area contributed by atoms with Gasteiger partial charge in [0, 0.05) is 21.0 Å². The van der Waals surface area contributed by atoms with E-state index in [0.29, 0.717) is 35.8 Å². The molecule has 1 fully saturated rings. The number of nitrogens with one attached hydrogen (secondary N) is 2. The summed E-state index contributed by atoms with van der Waals surface area (Å²) in [6.07, 6.45) is 7.48. The van der Waals surface area contributed by atoms with Crippen LogP contribution < -0.4 is 20.1 Å². The standard InChI is InChI=1S/C28H36Br2N2O4/c1-3-5-15-35-25-13-11-19(29)17-21(25)27(33)31-23-9-7-8-10-24(23)32-28(34)22-18-20(30)12-14-26(22)36-16-6-4-2/h11-14,17-18,23-24H,3-10,15-16H2,1-2H3,(H,31,33)(H,32,34). The van der Waals surface area contributed by atoms with E-state index in [4.69, 9.17) is 9.47 Å². The van der Waals surface area contributed by atoms with Gasteiger partial charge < -0.3 is 20.1 Å². The first-order valence-corrected chi connectivity index (χ1v) is 14.5. The van der Waals surface area contributed by atoms with E-state index in [0.717, 1.165) is 60.3 Å². The van der Waals surface area contributed by atoms with E-state index < -0.39 is 0 Å². The summed E-state index contributed by atoms with van der Waals surface area (Å²) in [7, 11) is 0. The molecule has 196 valence electrons. The van der Waals surface area contributed by atoms with Gasteiger partial charge in [-0.2, -0.15) is 0 Å². The summed E-state index contributed by atoms with van der Waals surface area (Å²) in [5.74, 6) is 0.757. The molecule has 0 spiro atoms. The maximum atomic E-state index is 13.3. The van der Waals surface area contributed by atoms with Gasteiger partial charge in [-0.25, -0.2) is 0 Å². The molecule has 2 aromatic rings. The fourth-order valence-corrected chi connectivity index (χ4v) is 4.95. The van der Waals surface area contributed by atoms with Crippen LogP contribution in [0.25, 0.3) is 0 Å². The van der Waals surface area contributed by atoms with E-state index in [1.54, 1.807) is 12.1 Å². The Kier molecular flexibility index (Phi) is 11.6. The lowest BCUT2D eigenvalue weighted by atomic mass is 9.89. The van der Waals surface area contributed by atoms with Crippen LogP contribution in [0.5, 0.6) is 11.5 Å². The number of benzene rings is 2. The van der Waals surface area contributed by atoms with Crippen LogP contribution in [0.3, 0.4) is 0 Å². The third kappa shape index (κ3) is 8.23. The van der Waals surface area contributed by atoms with Crippen molar-refractivity contribution < 1.29 is 19.1 Å². The van der Waals surface area contributed by atoms with Crippen molar-refractivity contribution in [2.45, 2.75) is 77.3 Å². The van der Waals surface area contributed by atoms with Crippen LogP contribution in [0.1, 0.15) is 85.9 Å². The van der Waals surface area contributed by atoms with Crippen LogP contribution in [0, 0.1) is 0 Å². The number of hydrogen-bond acceptors (Lipinski definition) is 4. The zero-order chi connectivity index (χ0) is 25.9. The second kappa shape index (κ2) is 14.6. The van der Waals surface area contributed by atoms with Gasteiger partial charge in [-0.15, -0.1) is 0 Å². The Hall–Kier alpha value is -2.06. The SMILES string of the molecule is CCCCOc1ccc(Br)cc1C(=O)NC1CCCCC1NC(=O)c1cc(Br)ccc1OCCCC. The average Bonchev–Trinajstić information content (AvgIpc) is 2.87. The predicted octanol–water partition coefficient (Wildman–Crippen LogP) is 7.04. The molecule has 0 radical (unpaired) electrons. The Labute approximate surface area is 231 Å². The molecule has 2 N–H and O–H groups in total. The first-order valence-electron chi connectivity index (χ1n) is 12.9. The third-order valence-electron chi connectivity index (χ3n) is 6.28. The molecule has 8 heteroatoms. The van der Waals surface area contributed by atoms with Gasteiger partial charge in [0.2, 0.25) is 0 Å². The van der Waals surface area contributed by atoms with Gasteiger partial charge in [-0.1, -0.05) is 71.4 Å². The first-order chi connectivity index (χ1) is 17.4. The molecule has 1 aliphatic carbocycles. The predicted molar refractivity (Wildman–Crippen MR) is 150 cm³/mol. The molecular weight excluding hydrogens is 588 g/mol. The van der Waals surface area contributed by atoms with Gasteiger partial charge in [0.05, 0.1) is 24.3 Å². The van der Waals surface area contributed by atoms with Crippen LogP contribution in [0.4, 0.5) is 0 Å². The van der Waals surface area contributed by atoms with E-state index in [2.05, 4.69) is 56.3 Å². The van der Waals surface area contributed by atoms with Crippen molar-refractivity contribution in [3.8, 4) is 11.5 Å². The molecule has 2 aromatic carbocycles. The van der Waals surface area contributed by atoms with Crippen LogP contribution in [0.2, 0.25) is 0 Å². The van der Waals surface area contributed by atoms with Gasteiger partial charge in [0.25, 0.3) is 11.8 Å². The monoisotopic (exact) mass is 622 g/mol. The van der Waals surface area contributed by atoms with Crippen molar-refractivity contribution >= 4 is 43.7 Å². The maximum absolute atomic E-state index is 13.3. The number of amides is 2. The van der Waals surface area contributed by atoms with Crippen LogP contribution in [0.15, 0.2) is 45.3 Å². The van der Waals surface area contributed by atoms with Gasteiger partial charge in [0.15, 0.2) is 0 Å². The fraction of sp³-hybridized carbons (Fsp3) is 0.500. The zero-order valence-electron chi connectivity index (χ0n) is 21.1. The molecule has 2 atom stereocenters. The van der Waals surface area contributed by atoms with E-state index in [1.807, 2.05) is 24.3 Å². The quantitative estimate of drug-likeness (QED) is 0.249. The Bertz CT molecular complexity index is 949. The van der Waals surface area contributed by atoms with E-state index >= 15 is 0 Å². The molecule has 2 amide bonds. The lowest BCUT2D eigenvalue weighted by molar-refractivity contribution is 0.0858. The molecule has 2 unspecified atom stereocenters. The van der Waals surface area contributed by atoms with E-state index in [1.165, 1.54) is 0 Å². The van der Waals surface area contributed by atoms with Crippen molar-refractivity contribution in [1.82, 2.24) is 10.6 Å². The van der Waals surface area contributed by atoms with Crippen molar-refractivity contribution in [2.75, 3.05) is 13.2 Å². The zero-order valence-corrected chi connectivity index (χ0v) is 24.3. The number of ether oxygens (including phenoxy) is 2. The van der Waals surface area contributed by atoms with Crippen molar-refractivity contribution in [3.63, 3.8) is 0 Å². The Balaban J connectivity index is 1.72. The topological polar surface area (TPSA) is 76.7 Å². The molecule has 36 heavy (non-hydrogen) atoms. The number of carbonyl (C=O) groups is 2. The smallest absolute Gasteiger partial charge is 0.255 e. The highest BCUT2D eigenvalue weighted by atomic mass is 79.9. The summed E-state index contributed by atoms with van der Waals surface area (Å²) in [5, 5.41) is 6.35. The molecule has 0 bridgehead atoms. The molecule has 0 heterocycles.